The number of hydrogen-bond donors (Lipinski definition) is 1. The molecule has 1 N–H and O–H groups in total. The number of amides is 1. The highest BCUT2D eigenvalue weighted by atomic mass is 79.9. The summed E-state index contributed by atoms with van der Waals surface area (Å²) in [5.41, 5.74) is -1.60. The minimum Gasteiger partial charge on any atom is -0.486 e. The normalized spacial score (nSPS) is 13.5. The quantitative estimate of drug-likeness (QED) is 0.812. The zero-order valence-corrected chi connectivity index (χ0v) is 12.5. The van der Waals surface area contributed by atoms with E-state index >= 15 is 0 Å². The summed E-state index contributed by atoms with van der Waals surface area (Å²) in [6, 6.07) is 1.62. The maximum absolute atomic E-state index is 14.1. The molecule has 0 fully saturated rings. The van der Waals surface area contributed by atoms with Gasteiger partial charge < -0.3 is 10.1 Å². The summed E-state index contributed by atoms with van der Waals surface area (Å²) in [6.45, 7) is 6.34. The molecule has 104 valence electrons. The molecule has 0 bridgehead atoms. The van der Waals surface area contributed by atoms with E-state index in [0.717, 1.165) is 0 Å². The summed E-state index contributed by atoms with van der Waals surface area (Å²) in [5.74, 6) is 0.297. The fourth-order valence-corrected chi connectivity index (χ4v) is 1.60. The highest BCUT2D eigenvalue weighted by molar-refractivity contribution is 9.10. The Kier molecular flexibility index (Phi) is 5.47. The molecule has 1 atom stereocenters. The van der Waals surface area contributed by atoms with E-state index in [9.17, 15) is 9.18 Å². The van der Waals surface area contributed by atoms with E-state index in [4.69, 9.17) is 4.74 Å². The van der Waals surface area contributed by atoms with Gasteiger partial charge in [0.25, 0.3) is 0 Å². The zero-order chi connectivity index (χ0) is 14.5. The smallest absolute Gasteiger partial charge is 0.222 e. The van der Waals surface area contributed by atoms with Crippen LogP contribution >= 0.6 is 15.9 Å². The third kappa shape index (κ3) is 4.63. The van der Waals surface area contributed by atoms with Crippen LogP contribution in [0, 0.1) is 0 Å². The molecular weight excluding hydrogens is 315 g/mol. The van der Waals surface area contributed by atoms with Crippen LogP contribution in [0.15, 0.2) is 29.4 Å². The van der Waals surface area contributed by atoms with Crippen LogP contribution in [0.1, 0.15) is 20.3 Å². The Morgan fingerprint density at radius 3 is 2.95 bits per heavy atom. The van der Waals surface area contributed by atoms with Crippen molar-refractivity contribution in [1.82, 2.24) is 4.98 Å². The molecule has 0 aliphatic heterocycles. The van der Waals surface area contributed by atoms with E-state index in [0.29, 0.717) is 10.2 Å². The lowest BCUT2D eigenvalue weighted by atomic mass is 10.1. The Labute approximate surface area is 120 Å². The van der Waals surface area contributed by atoms with Crippen LogP contribution in [-0.2, 0) is 4.79 Å². The first kappa shape index (κ1) is 15.6. The molecule has 0 saturated heterocycles. The van der Waals surface area contributed by atoms with Gasteiger partial charge in [0.15, 0.2) is 17.2 Å². The molecule has 0 radical (unpaired) electrons. The van der Waals surface area contributed by atoms with Gasteiger partial charge in [0.1, 0.15) is 6.61 Å². The van der Waals surface area contributed by atoms with Crippen LogP contribution in [0.3, 0.4) is 0 Å². The van der Waals surface area contributed by atoms with Crippen molar-refractivity contribution in [2.24, 2.45) is 0 Å². The fraction of sp³-hybridized carbons (Fsp3) is 0.385. The molecule has 19 heavy (non-hydrogen) atoms. The number of carbonyl (C=O) groups excluding carboxylic acids is 1. The third-order valence-electron chi connectivity index (χ3n) is 2.53. The Morgan fingerprint density at radius 2 is 2.42 bits per heavy atom. The summed E-state index contributed by atoms with van der Waals surface area (Å²) >= 11 is 3.25. The number of carbonyl (C=O) groups is 1. The maximum Gasteiger partial charge on any atom is 0.222 e. The topological polar surface area (TPSA) is 51.2 Å². The van der Waals surface area contributed by atoms with Crippen molar-refractivity contribution in [1.29, 1.82) is 0 Å². The molecule has 4 nitrogen and oxygen atoms in total. The number of rotatable bonds is 6. The van der Waals surface area contributed by atoms with E-state index in [1.807, 2.05) is 0 Å². The molecule has 0 aliphatic carbocycles. The minimum absolute atomic E-state index is 0.183. The molecule has 0 aliphatic rings. The first-order valence-corrected chi connectivity index (χ1v) is 6.58. The molecule has 0 spiro atoms. The lowest BCUT2D eigenvalue weighted by Gasteiger charge is -2.20. The number of aromatic nitrogens is 1. The number of nitrogens with zero attached hydrogens (tertiary/aromatic N) is 1. The van der Waals surface area contributed by atoms with Gasteiger partial charge in [0, 0.05) is 17.6 Å². The first-order chi connectivity index (χ1) is 8.90. The fourth-order valence-electron chi connectivity index (χ4n) is 1.29. The predicted octanol–water partition coefficient (Wildman–Crippen LogP) is 3.49. The van der Waals surface area contributed by atoms with Gasteiger partial charge in [-0.3, -0.25) is 4.79 Å². The van der Waals surface area contributed by atoms with Crippen molar-refractivity contribution in [2.45, 2.75) is 25.9 Å². The lowest BCUT2D eigenvalue weighted by molar-refractivity contribution is -0.114. The highest BCUT2D eigenvalue weighted by Gasteiger charge is 2.25. The standard InChI is InChI=1S/C13H16BrFN2O2/c1-4-13(15,5-2)8-19-11-6-10(14)7-16-12(11)17-9(3)18/h4,6-7H,1,5,8H2,2-3H3,(H,16,17,18). The van der Waals surface area contributed by atoms with E-state index in [1.165, 1.54) is 19.2 Å². The number of pyridine rings is 1. The second-order valence-corrected chi connectivity index (χ2v) is 4.98. The van der Waals surface area contributed by atoms with Gasteiger partial charge in [-0.25, -0.2) is 9.37 Å². The van der Waals surface area contributed by atoms with Crippen LogP contribution < -0.4 is 10.1 Å². The number of hydrogen-bond acceptors (Lipinski definition) is 3. The second-order valence-electron chi connectivity index (χ2n) is 4.06. The Hall–Kier alpha value is -1.43. The number of alkyl halides is 1. The third-order valence-corrected chi connectivity index (χ3v) is 2.97. The average molecular weight is 331 g/mol. The second kappa shape index (κ2) is 6.65. The predicted molar refractivity (Wildman–Crippen MR) is 76.1 cm³/mol. The van der Waals surface area contributed by atoms with E-state index in [1.54, 1.807) is 13.0 Å². The maximum atomic E-state index is 14.1. The van der Waals surface area contributed by atoms with Gasteiger partial charge in [0.2, 0.25) is 5.91 Å². The molecular formula is C13H16BrFN2O2. The summed E-state index contributed by atoms with van der Waals surface area (Å²) in [5, 5.41) is 2.53. The van der Waals surface area contributed by atoms with E-state index < -0.39 is 5.67 Å². The molecule has 1 unspecified atom stereocenters. The molecule has 0 aromatic carbocycles. The zero-order valence-electron chi connectivity index (χ0n) is 10.9. The highest BCUT2D eigenvalue weighted by Crippen LogP contribution is 2.28. The van der Waals surface area contributed by atoms with E-state index in [2.05, 4.69) is 32.8 Å². The molecule has 6 heteroatoms. The van der Waals surface area contributed by atoms with Crippen LogP contribution in [-0.4, -0.2) is 23.2 Å². The summed E-state index contributed by atoms with van der Waals surface area (Å²) in [7, 11) is 0. The number of anilines is 1. The Bertz CT molecular complexity index is 482. The van der Waals surface area contributed by atoms with Crippen LogP contribution in [0.4, 0.5) is 10.2 Å². The number of ether oxygens (including phenoxy) is 1. The largest absolute Gasteiger partial charge is 0.486 e. The van der Waals surface area contributed by atoms with Crippen molar-refractivity contribution < 1.29 is 13.9 Å². The van der Waals surface area contributed by atoms with Gasteiger partial charge in [-0.2, -0.15) is 0 Å². The number of halogens is 2. The summed E-state index contributed by atoms with van der Waals surface area (Å²) in [6.07, 6.45) is 3.00. The lowest BCUT2D eigenvalue weighted by Crippen LogP contribution is -2.27. The van der Waals surface area contributed by atoms with Crippen LogP contribution in [0.5, 0.6) is 5.75 Å². The van der Waals surface area contributed by atoms with Crippen LogP contribution in [0.2, 0.25) is 0 Å². The van der Waals surface area contributed by atoms with Gasteiger partial charge in [-0.15, -0.1) is 0 Å². The molecule has 1 aromatic rings. The monoisotopic (exact) mass is 330 g/mol. The van der Waals surface area contributed by atoms with Gasteiger partial charge in [-0.1, -0.05) is 19.6 Å². The van der Waals surface area contributed by atoms with Crippen molar-refractivity contribution in [3.8, 4) is 5.75 Å². The molecule has 0 saturated carbocycles. The SMILES string of the molecule is C=CC(F)(CC)COc1cc(Br)cnc1NC(C)=O. The first-order valence-electron chi connectivity index (χ1n) is 5.78. The van der Waals surface area contributed by atoms with Crippen LogP contribution in [0.25, 0.3) is 0 Å². The van der Waals surface area contributed by atoms with Crippen molar-refractivity contribution in [2.75, 3.05) is 11.9 Å². The number of nitrogens with one attached hydrogen (secondary N) is 1. The average Bonchev–Trinajstić information content (AvgIpc) is 2.38. The molecule has 1 rings (SSSR count). The minimum atomic E-state index is -1.60. The molecule has 1 heterocycles. The molecule has 1 amide bonds. The van der Waals surface area contributed by atoms with Crippen molar-refractivity contribution in [3.63, 3.8) is 0 Å². The van der Waals surface area contributed by atoms with Gasteiger partial charge in [-0.05, 0) is 28.4 Å². The van der Waals surface area contributed by atoms with Crippen molar-refractivity contribution >= 4 is 27.7 Å². The Morgan fingerprint density at radius 1 is 1.74 bits per heavy atom. The van der Waals surface area contributed by atoms with E-state index in [-0.39, 0.29) is 24.8 Å². The molecule has 1 aromatic heterocycles. The van der Waals surface area contributed by atoms with Gasteiger partial charge >= 0.3 is 0 Å². The summed E-state index contributed by atoms with van der Waals surface area (Å²) < 4.78 is 20.2. The van der Waals surface area contributed by atoms with Gasteiger partial charge in [0.05, 0.1) is 0 Å². The van der Waals surface area contributed by atoms with Crippen molar-refractivity contribution in [3.05, 3.63) is 29.4 Å². The Balaban J connectivity index is 2.89. The summed E-state index contributed by atoms with van der Waals surface area (Å²) in [4.78, 5) is 15.1.